The zero-order valence-corrected chi connectivity index (χ0v) is 11.0. The maximum Gasteiger partial charge on any atom is 0.406 e. The van der Waals surface area contributed by atoms with E-state index in [4.69, 9.17) is 5.26 Å². The summed E-state index contributed by atoms with van der Waals surface area (Å²) in [5.41, 5.74) is 3.09. The van der Waals surface area contributed by atoms with Crippen LogP contribution in [-0.4, -0.2) is 22.8 Å². The molecule has 2 N–H and O–H groups in total. The van der Waals surface area contributed by atoms with Crippen molar-refractivity contribution in [3.8, 4) is 6.07 Å². The van der Waals surface area contributed by atoms with Gasteiger partial charge in [0, 0.05) is 11.3 Å². The van der Waals surface area contributed by atoms with Crippen LogP contribution in [0.25, 0.3) is 0 Å². The first-order chi connectivity index (χ1) is 8.38. The number of aromatic nitrogens is 1. The molecule has 0 saturated heterocycles. The van der Waals surface area contributed by atoms with Crippen molar-refractivity contribution >= 4 is 18.5 Å². The lowest BCUT2D eigenvalue weighted by Crippen LogP contribution is -2.23. The lowest BCUT2D eigenvalue weighted by Gasteiger charge is -2.17. The van der Waals surface area contributed by atoms with Gasteiger partial charge in [-0.15, -0.1) is 0 Å². The van der Waals surface area contributed by atoms with Crippen LogP contribution in [0.3, 0.4) is 0 Å². The summed E-state index contributed by atoms with van der Waals surface area (Å²) in [6.45, 7) is 6.94. The number of carbonyl (C=O) groups excluding carboxylic acids is 1. The summed E-state index contributed by atoms with van der Waals surface area (Å²) in [5, 5.41) is 20.9. The molecule has 18 heavy (non-hydrogen) atoms. The molecule has 0 atom stereocenters. The van der Waals surface area contributed by atoms with E-state index in [0.29, 0.717) is 16.9 Å². The summed E-state index contributed by atoms with van der Waals surface area (Å²) in [4.78, 5) is 16.3. The van der Waals surface area contributed by atoms with Crippen LogP contribution in [0.1, 0.15) is 33.7 Å². The van der Waals surface area contributed by atoms with Gasteiger partial charge in [-0.05, 0) is 33.2 Å². The second-order valence-electron chi connectivity index (χ2n) is 4.24. The molecule has 0 aromatic carbocycles. The highest BCUT2D eigenvalue weighted by Gasteiger charge is 2.20. The average molecular weight is 245 g/mol. The van der Waals surface area contributed by atoms with Gasteiger partial charge in [0.1, 0.15) is 0 Å². The Morgan fingerprint density at radius 1 is 1.44 bits per heavy atom. The van der Waals surface area contributed by atoms with Gasteiger partial charge < -0.3 is 10.3 Å². The second kappa shape index (κ2) is 5.65. The monoisotopic (exact) mass is 245 g/mol. The summed E-state index contributed by atoms with van der Waals surface area (Å²) >= 11 is 0. The van der Waals surface area contributed by atoms with Crippen LogP contribution in [0.15, 0.2) is 0 Å². The van der Waals surface area contributed by atoms with Crippen LogP contribution in [0.4, 0.5) is 5.69 Å². The number of anilines is 1. The highest BCUT2D eigenvalue weighted by molar-refractivity contribution is 6.53. The molecule has 0 aliphatic heterocycles. The normalized spacial score (nSPS) is 9.78. The van der Waals surface area contributed by atoms with E-state index in [2.05, 4.69) is 10.2 Å². The number of pyridine rings is 1. The van der Waals surface area contributed by atoms with Crippen LogP contribution >= 0.6 is 0 Å². The van der Waals surface area contributed by atoms with Crippen molar-refractivity contribution in [3.05, 3.63) is 22.5 Å². The van der Waals surface area contributed by atoms with Crippen LogP contribution in [0.5, 0.6) is 0 Å². The molecular formula is C12H16BN3O2. The third-order valence-corrected chi connectivity index (χ3v) is 2.74. The van der Waals surface area contributed by atoms with E-state index < -0.39 is 7.05 Å². The van der Waals surface area contributed by atoms with Crippen LogP contribution < -0.4 is 5.23 Å². The van der Waals surface area contributed by atoms with E-state index in [1.807, 2.05) is 13.0 Å². The molecule has 0 unspecified atom stereocenters. The zero-order chi connectivity index (χ0) is 13.9. The minimum absolute atomic E-state index is 0.182. The third kappa shape index (κ3) is 2.87. The third-order valence-electron chi connectivity index (χ3n) is 2.74. The molecule has 0 amide bonds. The number of carbonyl (C=O) groups is 1. The van der Waals surface area contributed by atoms with Gasteiger partial charge in [-0.1, -0.05) is 0 Å². The maximum atomic E-state index is 12.0. The number of rotatable bonds is 4. The van der Waals surface area contributed by atoms with E-state index >= 15 is 0 Å². The molecule has 0 fully saturated rings. The van der Waals surface area contributed by atoms with E-state index in [1.54, 1.807) is 20.7 Å². The summed E-state index contributed by atoms with van der Waals surface area (Å²) in [6, 6.07) is 1.85. The molecule has 5 nitrogen and oxygen atoms in total. The number of hydrogen-bond donors (Lipinski definition) is 2. The minimum Gasteiger partial charge on any atom is -0.433 e. The first-order valence-electron chi connectivity index (χ1n) is 5.71. The Kier molecular flexibility index (Phi) is 4.46. The lowest BCUT2D eigenvalue weighted by molar-refractivity contribution is 0.0997. The molecule has 0 aliphatic rings. The molecule has 1 aromatic heterocycles. The molecule has 0 aliphatic carbocycles. The summed E-state index contributed by atoms with van der Waals surface area (Å²) in [6.07, 6.45) is -0.182. The van der Waals surface area contributed by atoms with Crippen molar-refractivity contribution in [1.29, 1.82) is 5.26 Å². The Balaban J connectivity index is 3.43. The van der Waals surface area contributed by atoms with Gasteiger partial charge in [-0.25, -0.2) is 0 Å². The van der Waals surface area contributed by atoms with Crippen LogP contribution in [0.2, 0.25) is 6.82 Å². The molecule has 0 bridgehead atoms. The molecular weight excluding hydrogens is 229 g/mol. The zero-order valence-electron chi connectivity index (χ0n) is 11.0. The SMILES string of the molecule is CB(O)Nc1c(C)nc(C)c(C)c1C(=O)CC#N. The van der Waals surface area contributed by atoms with Gasteiger partial charge in [0.25, 0.3) is 0 Å². The lowest BCUT2D eigenvalue weighted by atomic mass is 9.86. The smallest absolute Gasteiger partial charge is 0.406 e. The molecule has 1 heterocycles. The van der Waals surface area contributed by atoms with Gasteiger partial charge in [0.05, 0.1) is 23.9 Å². The molecule has 0 saturated carbocycles. The molecule has 94 valence electrons. The number of Topliss-reactive ketones (excluding diaryl/α,β-unsaturated/α-hetero) is 1. The predicted molar refractivity (Wildman–Crippen MR) is 70.5 cm³/mol. The van der Waals surface area contributed by atoms with Gasteiger partial charge in [0.2, 0.25) is 0 Å². The Bertz CT molecular complexity index is 521. The van der Waals surface area contributed by atoms with Gasteiger partial charge in [0.15, 0.2) is 5.78 Å². The van der Waals surface area contributed by atoms with E-state index in [1.165, 1.54) is 0 Å². The molecule has 0 spiro atoms. The average Bonchev–Trinajstić information content (AvgIpc) is 2.25. The Labute approximate surface area is 107 Å². The standard InChI is InChI=1S/C12H16BN3O2/c1-7-8(2)15-9(3)12(16-13(4)18)11(7)10(17)5-6-14/h16,18H,5H2,1-4H3. The number of ketones is 1. The fraction of sp³-hybridized carbons (Fsp3) is 0.417. The Hall–Kier alpha value is -1.87. The van der Waals surface area contributed by atoms with E-state index in [9.17, 15) is 9.82 Å². The van der Waals surface area contributed by atoms with Gasteiger partial charge in [-0.3, -0.25) is 9.78 Å². The summed E-state index contributed by atoms with van der Waals surface area (Å²) in [7, 11) is -0.791. The van der Waals surface area contributed by atoms with Crippen molar-refractivity contribution in [1.82, 2.24) is 4.98 Å². The topological polar surface area (TPSA) is 86.0 Å². The molecule has 1 rings (SSSR count). The van der Waals surface area contributed by atoms with Gasteiger partial charge >= 0.3 is 7.05 Å². The Morgan fingerprint density at radius 2 is 2.06 bits per heavy atom. The molecule has 6 heteroatoms. The quantitative estimate of drug-likeness (QED) is 0.621. The largest absolute Gasteiger partial charge is 0.433 e. The highest BCUT2D eigenvalue weighted by Crippen LogP contribution is 2.26. The van der Waals surface area contributed by atoms with E-state index in [0.717, 1.165) is 11.3 Å². The Morgan fingerprint density at radius 3 is 2.56 bits per heavy atom. The molecule has 1 aromatic rings. The van der Waals surface area contributed by atoms with Crippen molar-refractivity contribution in [3.63, 3.8) is 0 Å². The van der Waals surface area contributed by atoms with Crippen molar-refractivity contribution in [2.24, 2.45) is 0 Å². The summed E-state index contributed by atoms with van der Waals surface area (Å²) < 4.78 is 0. The number of hydrogen-bond acceptors (Lipinski definition) is 5. The second-order valence-corrected chi connectivity index (χ2v) is 4.24. The van der Waals surface area contributed by atoms with Crippen molar-refractivity contribution in [2.75, 3.05) is 5.23 Å². The maximum absolute atomic E-state index is 12.0. The predicted octanol–water partition coefficient (Wildman–Crippen LogP) is 1.63. The first kappa shape index (κ1) is 14.2. The minimum atomic E-state index is -0.791. The number of aryl methyl sites for hydroxylation is 2. The first-order valence-corrected chi connectivity index (χ1v) is 5.71. The number of nitrogens with zero attached hydrogens (tertiary/aromatic N) is 2. The molecule has 0 radical (unpaired) electrons. The highest BCUT2D eigenvalue weighted by atomic mass is 16.2. The fourth-order valence-corrected chi connectivity index (χ4v) is 1.83. The summed E-state index contributed by atoms with van der Waals surface area (Å²) in [5.74, 6) is -0.258. The van der Waals surface area contributed by atoms with Crippen LogP contribution in [-0.2, 0) is 0 Å². The van der Waals surface area contributed by atoms with Crippen molar-refractivity contribution < 1.29 is 9.82 Å². The van der Waals surface area contributed by atoms with Crippen molar-refractivity contribution in [2.45, 2.75) is 34.0 Å². The number of nitriles is 1. The number of nitrogens with one attached hydrogen (secondary N) is 1. The van der Waals surface area contributed by atoms with Gasteiger partial charge in [-0.2, -0.15) is 5.26 Å². The van der Waals surface area contributed by atoms with E-state index in [-0.39, 0.29) is 12.2 Å². The fourth-order valence-electron chi connectivity index (χ4n) is 1.83. The van der Waals surface area contributed by atoms with Crippen LogP contribution in [0, 0.1) is 32.1 Å².